The molecule has 6 aromatic carbocycles. The van der Waals surface area contributed by atoms with Crippen LogP contribution in [0.3, 0.4) is 0 Å². The zero-order valence-corrected chi connectivity index (χ0v) is 26.5. The Morgan fingerprint density at radius 3 is 1.23 bits per heavy atom. The first-order valence-electron chi connectivity index (χ1n) is 16.8. The van der Waals surface area contributed by atoms with Crippen molar-refractivity contribution in [2.75, 3.05) is 10.6 Å². The summed E-state index contributed by atoms with van der Waals surface area (Å²) in [6.07, 6.45) is 12.8. The summed E-state index contributed by atoms with van der Waals surface area (Å²) in [4.78, 5) is 0. The van der Waals surface area contributed by atoms with Crippen LogP contribution in [0.15, 0.2) is 109 Å². The van der Waals surface area contributed by atoms with Gasteiger partial charge < -0.3 is 10.6 Å². The number of rotatable bonds is 14. The molecule has 0 amide bonds. The Balaban J connectivity index is 1.23. The Morgan fingerprint density at radius 1 is 0.364 bits per heavy atom. The molecule has 0 saturated carbocycles. The van der Waals surface area contributed by atoms with Gasteiger partial charge in [-0.15, -0.1) is 0 Å². The molecule has 2 N–H and O–H groups in total. The van der Waals surface area contributed by atoms with Gasteiger partial charge in [-0.25, -0.2) is 0 Å². The van der Waals surface area contributed by atoms with E-state index in [1.54, 1.807) is 0 Å². The van der Waals surface area contributed by atoms with Crippen LogP contribution in [0.25, 0.3) is 32.3 Å². The van der Waals surface area contributed by atoms with Crippen LogP contribution in [0.4, 0.5) is 22.7 Å². The molecule has 224 valence electrons. The number of unbranched alkanes of at least 4 members (excludes halogenated alkanes) is 6. The van der Waals surface area contributed by atoms with E-state index in [-0.39, 0.29) is 0 Å². The summed E-state index contributed by atoms with van der Waals surface area (Å²) in [5.74, 6) is 0. The summed E-state index contributed by atoms with van der Waals surface area (Å²) in [7, 11) is 0. The fraction of sp³-hybridized carbons (Fsp3) is 0.286. The zero-order chi connectivity index (χ0) is 30.1. The lowest BCUT2D eigenvalue weighted by Gasteiger charge is -2.15. The monoisotopic (exact) mass is 578 g/mol. The molecule has 6 aromatic rings. The first kappa shape index (κ1) is 29.8. The molecular weight excluding hydrogens is 532 g/mol. The Morgan fingerprint density at radius 2 is 0.750 bits per heavy atom. The lowest BCUT2D eigenvalue weighted by Crippen LogP contribution is -1.93. The second kappa shape index (κ2) is 14.4. The van der Waals surface area contributed by atoms with Crippen molar-refractivity contribution in [3.05, 3.63) is 120 Å². The smallest absolute Gasteiger partial charge is 0.0390 e. The van der Waals surface area contributed by atoms with E-state index in [0.29, 0.717) is 0 Å². The number of hydrogen-bond donors (Lipinski definition) is 2. The molecule has 0 spiro atoms. The van der Waals surface area contributed by atoms with Crippen molar-refractivity contribution < 1.29 is 0 Å². The van der Waals surface area contributed by atoms with Gasteiger partial charge in [0.15, 0.2) is 0 Å². The van der Waals surface area contributed by atoms with Gasteiger partial charge in [0.2, 0.25) is 0 Å². The molecule has 0 unspecified atom stereocenters. The van der Waals surface area contributed by atoms with Gasteiger partial charge in [0.1, 0.15) is 0 Å². The van der Waals surface area contributed by atoms with Gasteiger partial charge in [0, 0.05) is 22.7 Å². The van der Waals surface area contributed by atoms with E-state index < -0.39 is 0 Å². The van der Waals surface area contributed by atoms with Crippen LogP contribution >= 0.6 is 0 Å². The molecule has 44 heavy (non-hydrogen) atoms. The summed E-state index contributed by atoms with van der Waals surface area (Å²) >= 11 is 0. The molecule has 2 heteroatoms. The standard InChI is InChI=1S/C42H46N2/c1-3-5-7-8-10-14-32-19-23-34(24-20-32)44-36-26-28-40-39-27-25-35(43-33-21-17-31(18-22-33)13-9-6-4-2)29-41(39)37-15-11-12-16-38(37)42(40)30-36/h11-12,15-30,43-44H,3-10,13-14H2,1-2H3. The molecule has 0 heterocycles. The van der Waals surface area contributed by atoms with E-state index in [1.807, 2.05) is 0 Å². The van der Waals surface area contributed by atoms with Crippen molar-refractivity contribution in [1.82, 2.24) is 0 Å². The minimum Gasteiger partial charge on any atom is -0.356 e. The minimum atomic E-state index is 1.11. The van der Waals surface area contributed by atoms with Crippen molar-refractivity contribution >= 4 is 55.1 Å². The molecule has 2 nitrogen and oxygen atoms in total. The topological polar surface area (TPSA) is 24.1 Å². The third-order valence-electron chi connectivity index (χ3n) is 8.96. The summed E-state index contributed by atoms with van der Waals surface area (Å²) in [5.41, 5.74) is 7.34. The summed E-state index contributed by atoms with van der Waals surface area (Å²) < 4.78 is 0. The van der Waals surface area contributed by atoms with Crippen molar-refractivity contribution in [3.63, 3.8) is 0 Å². The second-order valence-electron chi connectivity index (χ2n) is 12.3. The maximum atomic E-state index is 3.66. The Labute approximate surface area is 263 Å². The molecule has 0 atom stereocenters. The third-order valence-corrected chi connectivity index (χ3v) is 8.96. The van der Waals surface area contributed by atoms with E-state index in [9.17, 15) is 0 Å². The van der Waals surface area contributed by atoms with E-state index in [2.05, 4.69) is 134 Å². The molecule has 0 aliphatic carbocycles. The molecule has 6 rings (SSSR count). The van der Waals surface area contributed by atoms with Gasteiger partial charge in [-0.1, -0.05) is 113 Å². The van der Waals surface area contributed by atoms with E-state index >= 15 is 0 Å². The number of aryl methyl sites for hydroxylation is 2. The van der Waals surface area contributed by atoms with Gasteiger partial charge in [-0.2, -0.15) is 0 Å². The van der Waals surface area contributed by atoms with Crippen LogP contribution in [-0.4, -0.2) is 0 Å². The average Bonchev–Trinajstić information content (AvgIpc) is 3.06. The van der Waals surface area contributed by atoms with Crippen LogP contribution in [0.2, 0.25) is 0 Å². The second-order valence-corrected chi connectivity index (χ2v) is 12.3. The molecule has 0 aliphatic heterocycles. The Hall–Kier alpha value is -4.30. The highest BCUT2D eigenvalue weighted by atomic mass is 14.9. The van der Waals surface area contributed by atoms with Crippen LogP contribution < -0.4 is 10.6 Å². The number of benzene rings is 6. The highest BCUT2D eigenvalue weighted by Gasteiger charge is 2.11. The predicted octanol–water partition coefficient (Wildman–Crippen LogP) is 12.9. The number of anilines is 4. The Bertz CT molecular complexity index is 1800. The van der Waals surface area contributed by atoms with E-state index in [0.717, 1.165) is 29.2 Å². The van der Waals surface area contributed by atoms with E-state index in [4.69, 9.17) is 0 Å². The minimum absolute atomic E-state index is 1.11. The molecular formula is C42H46N2. The maximum Gasteiger partial charge on any atom is 0.0390 e. The normalized spacial score (nSPS) is 11.4. The van der Waals surface area contributed by atoms with Crippen LogP contribution in [0.1, 0.15) is 76.3 Å². The number of nitrogens with one attached hydrogen (secondary N) is 2. The summed E-state index contributed by atoms with van der Waals surface area (Å²) in [6.45, 7) is 4.53. The molecule has 0 aromatic heterocycles. The van der Waals surface area contributed by atoms with Gasteiger partial charge >= 0.3 is 0 Å². The largest absolute Gasteiger partial charge is 0.356 e. The first-order chi connectivity index (χ1) is 21.7. The predicted molar refractivity (Wildman–Crippen MR) is 194 cm³/mol. The van der Waals surface area contributed by atoms with Crippen LogP contribution in [0.5, 0.6) is 0 Å². The molecule has 0 radical (unpaired) electrons. The van der Waals surface area contributed by atoms with Gasteiger partial charge in [-0.3, -0.25) is 0 Å². The quantitative estimate of drug-likeness (QED) is 0.0992. The van der Waals surface area contributed by atoms with Crippen molar-refractivity contribution in [1.29, 1.82) is 0 Å². The van der Waals surface area contributed by atoms with E-state index in [1.165, 1.54) is 101 Å². The third kappa shape index (κ3) is 7.08. The Kier molecular flexibility index (Phi) is 9.77. The average molecular weight is 579 g/mol. The summed E-state index contributed by atoms with van der Waals surface area (Å²) in [5, 5.41) is 15.0. The van der Waals surface area contributed by atoms with Crippen LogP contribution in [-0.2, 0) is 12.8 Å². The fourth-order valence-corrected chi connectivity index (χ4v) is 6.47. The lowest BCUT2D eigenvalue weighted by atomic mass is 9.93. The first-order valence-corrected chi connectivity index (χ1v) is 16.8. The van der Waals surface area contributed by atoms with Gasteiger partial charge in [-0.05, 0) is 118 Å². The highest BCUT2D eigenvalue weighted by molar-refractivity contribution is 6.26. The zero-order valence-electron chi connectivity index (χ0n) is 26.5. The highest BCUT2D eigenvalue weighted by Crippen LogP contribution is 2.38. The van der Waals surface area contributed by atoms with Crippen LogP contribution in [0, 0.1) is 0 Å². The van der Waals surface area contributed by atoms with Gasteiger partial charge in [0.05, 0.1) is 0 Å². The van der Waals surface area contributed by atoms with Crippen molar-refractivity contribution in [3.8, 4) is 0 Å². The number of fused-ring (bicyclic) bond motifs is 6. The van der Waals surface area contributed by atoms with Crippen molar-refractivity contribution in [2.45, 2.75) is 78.1 Å². The maximum absolute atomic E-state index is 3.66. The summed E-state index contributed by atoms with van der Waals surface area (Å²) in [6, 6.07) is 40.4. The van der Waals surface area contributed by atoms with Crippen molar-refractivity contribution in [2.24, 2.45) is 0 Å². The molecule has 0 saturated heterocycles. The number of hydrogen-bond acceptors (Lipinski definition) is 2. The molecule has 0 aliphatic rings. The molecule has 0 fully saturated rings. The van der Waals surface area contributed by atoms with Gasteiger partial charge in [0.25, 0.3) is 0 Å². The SMILES string of the molecule is CCCCCCCc1ccc(Nc2ccc3c4ccc(Nc5ccc(CCCCC)cc5)cc4c4ccccc4c3c2)cc1. The molecule has 0 bridgehead atoms. The lowest BCUT2D eigenvalue weighted by molar-refractivity contribution is 0.632. The fourth-order valence-electron chi connectivity index (χ4n) is 6.47.